The SMILES string of the molecule is COc1cc([C@H](N)C(F)(F)CO)cc2c1OCO2.Cl. The van der Waals surface area contributed by atoms with Crippen LogP contribution in [-0.2, 0) is 0 Å². The Labute approximate surface area is 114 Å². The molecule has 0 radical (unpaired) electrons. The van der Waals surface area contributed by atoms with Gasteiger partial charge in [0.2, 0.25) is 12.5 Å². The van der Waals surface area contributed by atoms with Crippen LogP contribution < -0.4 is 19.9 Å². The van der Waals surface area contributed by atoms with E-state index in [0.717, 1.165) is 0 Å². The highest BCUT2D eigenvalue weighted by atomic mass is 35.5. The lowest BCUT2D eigenvalue weighted by Gasteiger charge is -2.22. The number of hydrogen-bond acceptors (Lipinski definition) is 5. The largest absolute Gasteiger partial charge is 0.493 e. The Balaban J connectivity index is 0.00000180. The normalized spacial score (nSPS) is 14.8. The van der Waals surface area contributed by atoms with Gasteiger partial charge in [-0.3, -0.25) is 0 Å². The van der Waals surface area contributed by atoms with Crippen molar-refractivity contribution in [3.8, 4) is 17.2 Å². The number of ether oxygens (including phenoxy) is 3. The first kappa shape index (κ1) is 15.7. The highest BCUT2D eigenvalue weighted by Crippen LogP contribution is 2.44. The summed E-state index contributed by atoms with van der Waals surface area (Å²) in [6.07, 6.45) is 0. The summed E-state index contributed by atoms with van der Waals surface area (Å²) in [6.45, 7) is -1.33. The Morgan fingerprint density at radius 3 is 2.74 bits per heavy atom. The highest BCUT2D eigenvalue weighted by molar-refractivity contribution is 5.85. The van der Waals surface area contributed by atoms with Crippen LogP contribution in [0.25, 0.3) is 0 Å². The Hall–Kier alpha value is -1.31. The lowest BCUT2D eigenvalue weighted by Crippen LogP contribution is -2.36. The second-order valence-electron chi connectivity index (χ2n) is 3.85. The number of fused-ring (bicyclic) bond motifs is 1. The van der Waals surface area contributed by atoms with Gasteiger partial charge in [-0.15, -0.1) is 12.4 Å². The number of methoxy groups -OCH3 is 1. The third kappa shape index (κ3) is 2.83. The average molecular weight is 298 g/mol. The van der Waals surface area contributed by atoms with Crippen LogP contribution >= 0.6 is 12.4 Å². The maximum Gasteiger partial charge on any atom is 0.289 e. The van der Waals surface area contributed by atoms with Crippen molar-refractivity contribution in [2.24, 2.45) is 5.73 Å². The zero-order valence-electron chi connectivity index (χ0n) is 10.1. The smallest absolute Gasteiger partial charge is 0.289 e. The Morgan fingerprint density at radius 1 is 1.47 bits per heavy atom. The molecule has 2 rings (SSSR count). The number of rotatable bonds is 4. The molecule has 8 heteroatoms. The molecule has 1 atom stereocenters. The summed E-state index contributed by atoms with van der Waals surface area (Å²) in [5.74, 6) is -2.49. The number of aliphatic hydroxyl groups excluding tert-OH is 1. The molecule has 108 valence electrons. The fourth-order valence-corrected chi connectivity index (χ4v) is 1.67. The number of aliphatic hydroxyl groups is 1. The molecular formula is C11H14ClF2NO4. The zero-order chi connectivity index (χ0) is 13.3. The Bertz CT molecular complexity index is 459. The molecule has 19 heavy (non-hydrogen) atoms. The van der Waals surface area contributed by atoms with Crippen LogP contribution in [0.5, 0.6) is 17.2 Å². The minimum Gasteiger partial charge on any atom is -0.493 e. The Morgan fingerprint density at radius 2 is 2.16 bits per heavy atom. The van der Waals surface area contributed by atoms with E-state index >= 15 is 0 Å². The number of hydrogen-bond donors (Lipinski definition) is 2. The van der Waals surface area contributed by atoms with Crippen molar-refractivity contribution in [1.29, 1.82) is 0 Å². The minimum atomic E-state index is -3.42. The van der Waals surface area contributed by atoms with Crippen molar-refractivity contribution in [3.05, 3.63) is 17.7 Å². The monoisotopic (exact) mass is 297 g/mol. The molecule has 0 amide bonds. The molecule has 1 aliphatic heterocycles. The topological polar surface area (TPSA) is 73.9 Å². The Kier molecular flexibility index (Phi) is 4.78. The van der Waals surface area contributed by atoms with Gasteiger partial charge in [-0.05, 0) is 17.7 Å². The summed E-state index contributed by atoms with van der Waals surface area (Å²) in [4.78, 5) is 0. The summed E-state index contributed by atoms with van der Waals surface area (Å²) in [5, 5.41) is 8.63. The van der Waals surface area contributed by atoms with Gasteiger partial charge in [0.25, 0.3) is 5.92 Å². The summed E-state index contributed by atoms with van der Waals surface area (Å²) in [6, 6.07) is 1.06. The lowest BCUT2D eigenvalue weighted by molar-refractivity contribution is -0.0712. The van der Waals surface area contributed by atoms with Crippen LogP contribution in [0.15, 0.2) is 12.1 Å². The van der Waals surface area contributed by atoms with E-state index in [0.29, 0.717) is 11.5 Å². The molecule has 0 unspecified atom stereocenters. The third-order valence-corrected chi connectivity index (χ3v) is 2.71. The van der Waals surface area contributed by atoms with E-state index in [4.69, 9.17) is 25.1 Å². The van der Waals surface area contributed by atoms with E-state index in [9.17, 15) is 8.78 Å². The van der Waals surface area contributed by atoms with Gasteiger partial charge in [0.15, 0.2) is 11.5 Å². The summed E-state index contributed by atoms with van der Waals surface area (Å²) < 4.78 is 41.9. The summed E-state index contributed by atoms with van der Waals surface area (Å²) >= 11 is 0. The molecule has 0 bridgehead atoms. The number of alkyl halides is 2. The second kappa shape index (κ2) is 5.77. The molecule has 3 N–H and O–H groups in total. The van der Waals surface area contributed by atoms with Crippen molar-refractivity contribution < 1.29 is 28.1 Å². The fraction of sp³-hybridized carbons (Fsp3) is 0.455. The molecule has 1 aromatic rings. The van der Waals surface area contributed by atoms with Crippen molar-refractivity contribution in [1.82, 2.24) is 0 Å². The quantitative estimate of drug-likeness (QED) is 0.880. The van der Waals surface area contributed by atoms with Crippen molar-refractivity contribution in [2.75, 3.05) is 20.5 Å². The van der Waals surface area contributed by atoms with Gasteiger partial charge in [0, 0.05) is 0 Å². The summed E-state index contributed by atoms with van der Waals surface area (Å²) in [7, 11) is 1.39. The van der Waals surface area contributed by atoms with Gasteiger partial charge in [-0.1, -0.05) is 0 Å². The van der Waals surface area contributed by atoms with Crippen molar-refractivity contribution in [3.63, 3.8) is 0 Å². The van der Waals surface area contributed by atoms with Crippen LogP contribution in [0, 0.1) is 0 Å². The van der Waals surface area contributed by atoms with Gasteiger partial charge in [0.1, 0.15) is 6.61 Å². The molecule has 1 aromatic carbocycles. The highest BCUT2D eigenvalue weighted by Gasteiger charge is 2.38. The molecular weight excluding hydrogens is 284 g/mol. The van der Waals surface area contributed by atoms with Crippen LogP contribution in [0.1, 0.15) is 11.6 Å². The first-order valence-electron chi connectivity index (χ1n) is 5.21. The fourth-order valence-electron chi connectivity index (χ4n) is 1.67. The maximum atomic E-state index is 13.3. The number of benzene rings is 1. The number of nitrogens with two attached hydrogens (primary N) is 1. The molecule has 0 saturated carbocycles. The lowest BCUT2D eigenvalue weighted by atomic mass is 10.0. The van der Waals surface area contributed by atoms with Crippen LogP contribution in [0.2, 0.25) is 0 Å². The van der Waals surface area contributed by atoms with Crippen molar-refractivity contribution in [2.45, 2.75) is 12.0 Å². The molecule has 0 fully saturated rings. The first-order valence-corrected chi connectivity index (χ1v) is 5.21. The molecule has 0 spiro atoms. The third-order valence-electron chi connectivity index (χ3n) is 2.71. The van der Waals surface area contributed by atoms with E-state index in [-0.39, 0.29) is 30.5 Å². The average Bonchev–Trinajstić information content (AvgIpc) is 2.84. The molecule has 5 nitrogen and oxygen atoms in total. The van der Waals surface area contributed by atoms with E-state index in [1.807, 2.05) is 0 Å². The van der Waals surface area contributed by atoms with Gasteiger partial charge in [0.05, 0.1) is 13.2 Å². The van der Waals surface area contributed by atoms with Gasteiger partial charge in [-0.25, -0.2) is 8.78 Å². The molecule has 0 aliphatic carbocycles. The maximum absolute atomic E-state index is 13.3. The van der Waals surface area contributed by atoms with E-state index < -0.39 is 18.6 Å². The second-order valence-corrected chi connectivity index (χ2v) is 3.85. The first-order chi connectivity index (χ1) is 8.49. The zero-order valence-corrected chi connectivity index (χ0v) is 10.9. The molecule has 0 aromatic heterocycles. The predicted octanol–water partition coefficient (Wildman–Crippen LogP) is 1.47. The van der Waals surface area contributed by atoms with E-state index in [1.165, 1.54) is 19.2 Å². The summed E-state index contributed by atoms with van der Waals surface area (Å²) in [5.41, 5.74) is 5.55. The van der Waals surface area contributed by atoms with Crippen LogP contribution in [0.3, 0.4) is 0 Å². The van der Waals surface area contributed by atoms with Gasteiger partial charge < -0.3 is 25.1 Å². The standard InChI is InChI=1S/C11H13F2NO4.ClH/c1-16-7-2-6(10(14)11(12,13)4-15)3-8-9(7)18-5-17-8;/h2-3,10,15H,4-5,14H2,1H3;1H/t10-;/m0./s1. The van der Waals surface area contributed by atoms with Gasteiger partial charge >= 0.3 is 0 Å². The van der Waals surface area contributed by atoms with E-state index in [2.05, 4.69) is 0 Å². The van der Waals surface area contributed by atoms with Crippen molar-refractivity contribution >= 4 is 12.4 Å². The van der Waals surface area contributed by atoms with Crippen LogP contribution in [0.4, 0.5) is 8.78 Å². The minimum absolute atomic E-state index is 0. The number of halogens is 3. The van der Waals surface area contributed by atoms with Crippen LogP contribution in [-0.4, -0.2) is 31.5 Å². The van der Waals surface area contributed by atoms with Gasteiger partial charge in [-0.2, -0.15) is 0 Å². The molecule has 1 aliphatic rings. The van der Waals surface area contributed by atoms with E-state index in [1.54, 1.807) is 0 Å². The predicted molar refractivity (Wildman–Crippen MR) is 65.3 cm³/mol. The molecule has 1 heterocycles. The molecule has 0 saturated heterocycles.